The maximum atomic E-state index is 13.1. The average Bonchev–Trinajstić information content (AvgIpc) is 2.90. The van der Waals surface area contributed by atoms with Gasteiger partial charge in [-0.25, -0.2) is 0 Å². The normalized spacial score (nSPS) is 11.6. The SMILES string of the molecule is CC(C)Oc1c(CC(=O)c2ccc(CC(=O)[C@@H](N)CC(N)=O)cc2)ccc(C(=O)Cc2ccc(C(N)=O)cc2)c1O. The molecule has 0 spiro atoms. The fraction of sp³-hybridized carbons (Fsp3) is 0.258. The van der Waals surface area contributed by atoms with Gasteiger partial charge in [-0.15, -0.1) is 0 Å². The van der Waals surface area contributed by atoms with E-state index in [4.69, 9.17) is 21.9 Å². The molecule has 214 valence electrons. The molecular formula is C31H33N3O7. The number of amides is 2. The number of ether oxygens (including phenoxy) is 1. The molecule has 0 aliphatic carbocycles. The molecule has 3 rings (SSSR count). The number of carbonyl (C=O) groups excluding carboxylic acids is 5. The highest BCUT2D eigenvalue weighted by Gasteiger charge is 2.22. The van der Waals surface area contributed by atoms with Crippen molar-refractivity contribution in [3.05, 3.63) is 94.0 Å². The molecule has 0 saturated heterocycles. The highest BCUT2D eigenvalue weighted by Crippen LogP contribution is 2.36. The molecule has 3 aromatic rings. The third-order valence-corrected chi connectivity index (χ3v) is 6.31. The first-order valence-corrected chi connectivity index (χ1v) is 13.0. The van der Waals surface area contributed by atoms with Crippen LogP contribution in [0.25, 0.3) is 0 Å². The van der Waals surface area contributed by atoms with Crippen LogP contribution in [0.5, 0.6) is 11.5 Å². The summed E-state index contributed by atoms with van der Waals surface area (Å²) in [7, 11) is 0. The summed E-state index contributed by atoms with van der Waals surface area (Å²) in [6, 6.07) is 14.7. The average molecular weight is 560 g/mol. The van der Waals surface area contributed by atoms with Crippen molar-refractivity contribution in [2.45, 2.75) is 51.7 Å². The molecule has 0 fully saturated rings. The minimum atomic E-state index is -0.988. The van der Waals surface area contributed by atoms with Crippen molar-refractivity contribution in [3.63, 3.8) is 0 Å². The fourth-order valence-corrected chi connectivity index (χ4v) is 4.16. The molecule has 0 aliphatic heterocycles. The van der Waals surface area contributed by atoms with Gasteiger partial charge in [0.1, 0.15) is 0 Å². The molecule has 2 amide bonds. The van der Waals surface area contributed by atoms with E-state index in [1.807, 2.05) is 0 Å². The molecule has 3 aromatic carbocycles. The van der Waals surface area contributed by atoms with Crippen LogP contribution in [0.2, 0.25) is 0 Å². The monoisotopic (exact) mass is 559 g/mol. The van der Waals surface area contributed by atoms with Gasteiger partial charge in [-0.3, -0.25) is 24.0 Å². The molecule has 0 aliphatic rings. The number of carbonyl (C=O) groups is 5. The van der Waals surface area contributed by atoms with Crippen LogP contribution in [-0.4, -0.2) is 46.4 Å². The number of Topliss-reactive ketones (excluding diaryl/α,β-unsaturated/α-hetero) is 3. The van der Waals surface area contributed by atoms with Gasteiger partial charge in [-0.2, -0.15) is 0 Å². The minimum Gasteiger partial charge on any atom is -0.504 e. The molecule has 0 radical (unpaired) electrons. The molecule has 41 heavy (non-hydrogen) atoms. The van der Waals surface area contributed by atoms with E-state index >= 15 is 0 Å². The van der Waals surface area contributed by atoms with Crippen molar-refractivity contribution in [2.24, 2.45) is 17.2 Å². The Balaban J connectivity index is 1.77. The second kappa shape index (κ2) is 13.5. The number of aromatic hydroxyl groups is 1. The maximum Gasteiger partial charge on any atom is 0.248 e. The Morgan fingerprint density at radius 2 is 1.32 bits per heavy atom. The topological polar surface area (TPSA) is 193 Å². The number of primary amides is 2. The Labute approximate surface area is 237 Å². The van der Waals surface area contributed by atoms with Gasteiger partial charge in [0.2, 0.25) is 11.8 Å². The van der Waals surface area contributed by atoms with Crippen LogP contribution in [0.3, 0.4) is 0 Å². The highest BCUT2D eigenvalue weighted by atomic mass is 16.5. The van der Waals surface area contributed by atoms with E-state index in [-0.39, 0.29) is 66.2 Å². The molecular weight excluding hydrogens is 526 g/mol. The zero-order valence-corrected chi connectivity index (χ0v) is 22.9. The van der Waals surface area contributed by atoms with Crippen molar-refractivity contribution in [2.75, 3.05) is 0 Å². The second-order valence-corrected chi connectivity index (χ2v) is 9.99. The van der Waals surface area contributed by atoms with Gasteiger partial charge in [-0.05, 0) is 43.2 Å². The molecule has 10 nitrogen and oxygen atoms in total. The number of phenols is 1. The van der Waals surface area contributed by atoms with E-state index in [0.29, 0.717) is 27.8 Å². The summed E-state index contributed by atoms with van der Waals surface area (Å²) in [6.07, 6.45) is -0.737. The van der Waals surface area contributed by atoms with Crippen molar-refractivity contribution in [1.82, 2.24) is 0 Å². The quantitative estimate of drug-likeness (QED) is 0.216. The zero-order chi connectivity index (χ0) is 30.3. The Morgan fingerprint density at radius 3 is 1.85 bits per heavy atom. The molecule has 0 heterocycles. The number of rotatable bonds is 14. The lowest BCUT2D eigenvalue weighted by atomic mass is 9.95. The van der Waals surface area contributed by atoms with E-state index in [2.05, 4.69) is 0 Å². The molecule has 10 heteroatoms. The predicted octanol–water partition coefficient (Wildman–Crippen LogP) is 2.44. The summed E-state index contributed by atoms with van der Waals surface area (Å²) in [6.45, 7) is 3.52. The third-order valence-electron chi connectivity index (χ3n) is 6.31. The Morgan fingerprint density at radius 1 is 0.756 bits per heavy atom. The number of hydrogen-bond acceptors (Lipinski definition) is 8. The van der Waals surface area contributed by atoms with E-state index in [1.165, 1.54) is 18.2 Å². The van der Waals surface area contributed by atoms with Crippen LogP contribution in [-0.2, 0) is 28.9 Å². The van der Waals surface area contributed by atoms with Gasteiger partial charge >= 0.3 is 0 Å². The first-order chi connectivity index (χ1) is 19.3. The summed E-state index contributed by atoms with van der Waals surface area (Å²) < 4.78 is 5.82. The number of nitrogens with two attached hydrogens (primary N) is 3. The van der Waals surface area contributed by atoms with Gasteiger partial charge in [0, 0.05) is 42.4 Å². The van der Waals surface area contributed by atoms with Crippen LogP contribution in [0.4, 0.5) is 0 Å². The number of ketones is 3. The Kier molecular flexibility index (Phi) is 10.1. The van der Waals surface area contributed by atoms with Crippen LogP contribution < -0.4 is 21.9 Å². The number of phenolic OH excluding ortho intramolecular Hbond substituents is 1. The lowest BCUT2D eigenvalue weighted by Gasteiger charge is -2.18. The smallest absolute Gasteiger partial charge is 0.248 e. The standard InChI is InChI=1S/C31H33N3O7/c1-17(2)41-30-22(11-12-23(29(30)39)26(36)13-18-5-9-21(10-6-18)31(34)40)15-25(35)20-7-3-19(4-8-20)14-27(37)24(32)16-28(33)38/h3-12,17,24,39H,13-16,32H2,1-2H3,(H2,33,38)(H2,34,40)/t24-/m0/s1. The van der Waals surface area contributed by atoms with E-state index in [9.17, 15) is 29.1 Å². The fourth-order valence-electron chi connectivity index (χ4n) is 4.16. The van der Waals surface area contributed by atoms with E-state index < -0.39 is 17.9 Å². The van der Waals surface area contributed by atoms with Crippen molar-refractivity contribution in [3.8, 4) is 11.5 Å². The first-order valence-electron chi connectivity index (χ1n) is 13.0. The summed E-state index contributed by atoms with van der Waals surface area (Å²) >= 11 is 0. The van der Waals surface area contributed by atoms with Crippen LogP contribution in [0, 0.1) is 0 Å². The van der Waals surface area contributed by atoms with Gasteiger partial charge in [0.25, 0.3) is 0 Å². The molecule has 7 N–H and O–H groups in total. The largest absolute Gasteiger partial charge is 0.504 e. The zero-order valence-electron chi connectivity index (χ0n) is 22.9. The minimum absolute atomic E-state index is 0.00601. The van der Waals surface area contributed by atoms with Crippen molar-refractivity contribution >= 4 is 29.2 Å². The molecule has 0 unspecified atom stereocenters. The summed E-state index contributed by atoms with van der Waals surface area (Å²) in [5.41, 5.74) is 18.4. The Bertz CT molecular complexity index is 1460. The number of benzene rings is 3. The molecule has 0 bridgehead atoms. The summed E-state index contributed by atoms with van der Waals surface area (Å²) in [5, 5.41) is 11.0. The first kappa shape index (κ1) is 30.7. The number of hydrogen-bond donors (Lipinski definition) is 4. The molecule has 0 saturated carbocycles. The van der Waals surface area contributed by atoms with Crippen LogP contribution >= 0.6 is 0 Å². The second-order valence-electron chi connectivity index (χ2n) is 9.99. The van der Waals surface area contributed by atoms with Gasteiger partial charge < -0.3 is 27.0 Å². The van der Waals surface area contributed by atoms with Gasteiger partial charge in [-0.1, -0.05) is 42.5 Å². The van der Waals surface area contributed by atoms with Crippen LogP contribution in [0.15, 0.2) is 60.7 Å². The highest BCUT2D eigenvalue weighted by molar-refractivity contribution is 6.02. The third kappa shape index (κ3) is 8.33. The van der Waals surface area contributed by atoms with E-state index in [1.54, 1.807) is 56.3 Å². The predicted molar refractivity (Wildman–Crippen MR) is 152 cm³/mol. The summed E-state index contributed by atoms with van der Waals surface area (Å²) in [5.74, 6) is -2.53. The lowest BCUT2D eigenvalue weighted by Crippen LogP contribution is -2.36. The maximum absolute atomic E-state index is 13.1. The van der Waals surface area contributed by atoms with Crippen molar-refractivity contribution < 1.29 is 33.8 Å². The van der Waals surface area contributed by atoms with Crippen LogP contribution in [0.1, 0.15) is 68.0 Å². The van der Waals surface area contributed by atoms with E-state index in [0.717, 1.165) is 0 Å². The Hall–Kier alpha value is -4.83. The lowest BCUT2D eigenvalue weighted by molar-refractivity contribution is -0.124. The molecule has 0 aromatic heterocycles. The van der Waals surface area contributed by atoms with Crippen molar-refractivity contribution in [1.29, 1.82) is 0 Å². The van der Waals surface area contributed by atoms with Gasteiger partial charge in [0.15, 0.2) is 28.8 Å². The molecule has 1 atom stereocenters. The summed E-state index contributed by atoms with van der Waals surface area (Å²) in [4.78, 5) is 60.6. The van der Waals surface area contributed by atoms with Gasteiger partial charge in [0.05, 0.1) is 17.7 Å².